The molecule has 0 aliphatic carbocycles. The van der Waals surface area contributed by atoms with E-state index in [4.69, 9.17) is 0 Å². The first-order valence-corrected chi connectivity index (χ1v) is 23.3. The lowest BCUT2D eigenvalue weighted by Crippen LogP contribution is -2.18. The molecule has 0 amide bonds. The second-order valence-electron chi connectivity index (χ2n) is 21.5. The minimum atomic E-state index is 0.0736. The van der Waals surface area contributed by atoms with E-state index in [9.17, 15) is 0 Å². The molecule has 2 heteroatoms. The van der Waals surface area contributed by atoms with Gasteiger partial charge in [-0.15, -0.1) is 0 Å². The van der Waals surface area contributed by atoms with Gasteiger partial charge < -0.3 is 9.80 Å². The van der Waals surface area contributed by atoms with E-state index in [0.29, 0.717) is 0 Å². The van der Waals surface area contributed by atoms with Crippen molar-refractivity contribution in [3.63, 3.8) is 0 Å². The van der Waals surface area contributed by atoms with E-state index in [1.165, 1.54) is 91.2 Å². The fourth-order valence-electron chi connectivity index (χ4n) is 9.57. The largest absolute Gasteiger partial charge is 0.310 e. The topological polar surface area (TPSA) is 6.48 Å². The summed E-state index contributed by atoms with van der Waals surface area (Å²) in [6.07, 6.45) is 4.67. The Balaban J connectivity index is 1.40. The zero-order valence-corrected chi connectivity index (χ0v) is 41.3. The molecule has 0 spiro atoms. The molecule has 0 bridgehead atoms. The molecular weight excluding hydrogens is 749 g/mol. The number of hydrogen-bond donors (Lipinski definition) is 0. The lowest BCUT2D eigenvalue weighted by atomic mass is 9.80. The van der Waals surface area contributed by atoms with Crippen LogP contribution in [-0.4, -0.2) is 0 Å². The van der Waals surface area contributed by atoms with Crippen LogP contribution in [0.5, 0.6) is 0 Å². The van der Waals surface area contributed by atoms with Crippen molar-refractivity contribution in [2.24, 2.45) is 0 Å². The first-order chi connectivity index (χ1) is 29.1. The van der Waals surface area contributed by atoms with Gasteiger partial charge in [-0.3, -0.25) is 0 Å². The molecule has 326 valence electrons. The van der Waals surface area contributed by atoms with Crippen molar-refractivity contribution in [1.29, 1.82) is 0 Å². The van der Waals surface area contributed by atoms with E-state index in [0.717, 1.165) is 24.2 Å². The molecular formula is C60H76N2. The van der Waals surface area contributed by atoms with Crippen molar-refractivity contribution in [3.05, 3.63) is 166 Å². The Hall–Kier alpha value is -5.08. The summed E-state index contributed by atoms with van der Waals surface area (Å²) >= 11 is 0. The maximum absolute atomic E-state index is 2.46. The second kappa shape index (κ2) is 18.0. The smallest absolute Gasteiger partial charge is 0.0520 e. The highest BCUT2D eigenvalue weighted by atomic mass is 15.2. The Kier molecular flexibility index (Phi) is 13.4. The van der Waals surface area contributed by atoms with Crippen LogP contribution in [0.15, 0.2) is 121 Å². The highest BCUT2D eigenvalue weighted by Crippen LogP contribution is 2.44. The predicted molar refractivity (Wildman–Crippen MR) is 273 cm³/mol. The van der Waals surface area contributed by atoms with Gasteiger partial charge in [-0.05, 0) is 166 Å². The van der Waals surface area contributed by atoms with Gasteiger partial charge in [0.1, 0.15) is 0 Å². The van der Waals surface area contributed by atoms with E-state index in [1.54, 1.807) is 0 Å². The lowest BCUT2D eigenvalue weighted by molar-refractivity contribution is 0.473. The van der Waals surface area contributed by atoms with Gasteiger partial charge in [0.25, 0.3) is 0 Å². The molecule has 0 atom stereocenters. The zero-order valence-electron chi connectivity index (χ0n) is 41.3. The minimum absolute atomic E-state index is 0.0736. The maximum atomic E-state index is 2.46. The number of nitrogens with zero attached hydrogens (tertiary/aromatic N) is 2. The van der Waals surface area contributed by atoms with Crippen LogP contribution in [-0.2, 0) is 21.7 Å². The van der Waals surface area contributed by atoms with Crippen LogP contribution in [0.3, 0.4) is 0 Å². The Morgan fingerprint density at radius 2 is 0.581 bits per heavy atom. The monoisotopic (exact) mass is 825 g/mol. The Morgan fingerprint density at radius 3 is 0.806 bits per heavy atom. The molecule has 0 aliphatic heterocycles. The minimum Gasteiger partial charge on any atom is -0.310 e. The first-order valence-electron chi connectivity index (χ1n) is 23.3. The number of hydrogen-bond acceptors (Lipinski definition) is 2. The lowest BCUT2D eigenvalue weighted by Gasteiger charge is -2.32. The van der Waals surface area contributed by atoms with Gasteiger partial charge >= 0.3 is 0 Å². The van der Waals surface area contributed by atoms with E-state index < -0.39 is 0 Å². The Morgan fingerprint density at radius 1 is 0.339 bits per heavy atom. The van der Waals surface area contributed by atoms with Gasteiger partial charge in [0, 0.05) is 22.7 Å². The standard InChI is InChI=1S/C60H76N2/c1-17-35-59(13,14)47-23-31-53(32-24-47)61(55-41(3)37-49(38-42(55)4)57(7,8)9)51-27-19-45(20-28-51)46-21-29-52(30-22-46)62(54-33-25-48(26-34-54)60(15,16)36-18-2)56-43(5)39-50(40-44(56)6)58(10,11)12/h19-34,37-40H,17-18,35-36H2,1-16H3. The van der Waals surface area contributed by atoms with Crippen molar-refractivity contribution in [3.8, 4) is 11.1 Å². The fraction of sp³-hybridized carbons (Fsp3) is 0.400. The summed E-state index contributed by atoms with van der Waals surface area (Å²) in [5.41, 5.74) is 20.6. The van der Waals surface area contributed by atoms with Crippen LogP contribution < -0.4 is 9.80 Å². The van der Waals surface area contributed by atoms with Gasteiger partial charge in [0.2, 0.25) is 0 Å². The third-order valence-corrected chi connectivity index (χ3v) is 13.3. The third kappa shape index (κ3) is 9.91. The van der Waals surface area contributed by atoms with Crippen molar-refractivity contribution in [2.45, 2.75) is 158 Å². The summed E-state index contributed by atoms with van der Waals surface area (Å²) in [5, 5.41) is 0. The molecule has 6 rings (SSSR count). The molecule has 62 heavy (non-hydrogen) atoms. The van der Waals surface area contributed by atoms with Crippen LogP contribution in [0.25, 0.3) is 11.1 Å². The quantitative estimate of drug-likeness (QED) is 0.114. The number of benzene rings is 6. The zero-order chi connectivity index (χ0) is 45.4. The molecule has 0 saturated carbocycles. The van der Waals surface area contributed by atoms with Crippen molar-refractivity contribution in [1.82, 2.24) is 0 Å². The Bertz CT molecular complexity index is 2220. The van der Waals surface area contributed by atoms with E-state index in [2.05, 4.69) is 242 Å². The number of aryl methyl sites for hydroxylation is 4. The van der Waals surface area contributed by atoms with Gasteiger partial charge in [-0.25, -0.2) is 0 Å². The SMILES string of the molecule is CCCC(C)(C)c1ccc(N(c2ccc(-c3ccc(N(c4ccc(C(C)(C)CCC)cc4)c4c(C)cc(C(C)(C)C)cc4C)cc3)cc2)c2c(C)cc(C(C)(C)C)cc2C)cc1. The van der Waals surface area contributed by atoms with Crippen LogP contribution in [0, 0.1) is 27.7 Å². The van der Waals surface area contributed by atoms with E-state index >= 15 is 0 Å². The molecule has 0 aliphatic rings. The van der Waals surface area contributed by atoms with Crippen LogP contribution in [0.2, 0.25) is 0 Å². The van der Waals surface area contributed by atoms with Crippen molar-refractivity contribution < 1.29 is 0 Å². The molecule has 0 heterocycles. The van der Waals surface area contributed by atoms with Gasteiger partial charge in [-0.1, -0.05) is 169 Å². The highest BCUT2D eigenvalue weighted by molar-refractivity contribution is 5.84. The molecule has 0 N–H and O–H groups in total. The molecule has 0 fully saturated rings. The van der Waals surface area contributed by atoms with E-state index in [1.807, 2.05) is 0 Å². The maximum Gasteiger partial charge on any atom is 0.0520 e. The molecule has 0 aromatic heterocycles. The first kappa shape index (κ1) is 46.4. The number of anilines is 6. The second-order valence-corrected chi connectivity index (χ2v) is 21.5. The average molecular weight is 825 g/mol. The molecule has 0 unspecified atom stereocenters. The summed E-state index contributed by atoms with van der Waals surface area (Å²) < 4.78 is 0. The predicted octanol–water partition coefficient (Wildman–Crippen LogP) is 18.3. The fourth-order valence-corrected chi connectivity index (χ4v) is 9.57. The van der Waals surface area contributed by atoms with Crippen molar-refractivity contribution in [2.75, 3.05) is 9.80 Å². The highest BCUT2D eigenvalue weighted by Gasteiger charge is 2.26. The third-order valence-electron chi connectivity index (χ3n) is 13.3. The average Bonchev–Trinajstić information content (AvgIpc) is 3.20. The van der Waals surface area contributed by atoms with Crippen LogP contribution in [0.4, 0.5) is 34.1 Å². The van der Waals surface area contributed by atoms with Gasteiger partial charge in [0.15, 0.2) is 0 Å². The molecule has 6 aromatic carbocycles. The summed E-state index contributed by atoms with van der Waals surface area (Å²) in [5.74, 6) is 0. The van der Waals surface area contributed by atoms with E-state index in [-0.39, 0.29) is 21.7 Å². The van der Waals surface area contributed by atoms with Crippen LogP contribution in [0.1, 0.15) is 153 Å². The normalized spacial score (nSPS) is 12.5. The molecule has 6 aromatic rings. The summed E-state index contributed by atoms with van der Waals surface area (Å²) in [4.78, 5) is 4.92. The molecule has 0 saturated heterocycles. The Labute approximate surface area is 377 Å². The van der Waals surface area contributed by atoms with Crippen LogP contribution >= 0.6 is 0 Å². The number of rotatable bonds is 13. The molecule has 2 nitrogen and oxygen atoms in total. The molecule has 0 radical (unpaired) electrons. The van der Waals surface area contributed by atoms with Gasteiger partial charge in [-0.2, -0.15) is 0 Å². The van der Waals surface area contributed by atoms with Gasteiger partial charge in [0.05, 0.1) is 11.4 Å². The van der Waals surface area contributed by atoms with Crippen molar-refractivity contribution >= 4 is 34.1 Å². The summed E-state index contributed by atoms with van der Waals surface area (Å²) in [6, 6.07) is 46.5. The summed E-state index contributed by atoms with van der Waals surface area (Å²) in [6.45, 7) is 36.9. The summed E-state index contributed by atoms with van der Waals surface area (Å²) in [7, 11) is 0.